The van der Waals surface area contributed by atoms with Crippen molar-refractivity contribution in [1.82, 2.24) is 0 Å². The van der Waals surface area contributed by atoms with Gasteiger partial charge in [-0.2, -0.15) is 0 Å². The van der Waals surface area contributed by atoms with Crippen LogP contribution in [0.4, 0.5) is 5.69 Å². The number of benzene rings is 2. The maximum atomic E-state index is 12.2. The van der Waals surface area contributed by atoms with E-state index in [0.717, 1.165) is 5.39 Å². The number of nitrogens with one attached hydrogen (secondary N) is 1. The van der Waals surface area contributed by atoms with Gasteiger partial charge in [-0.25, -0.2) is 4.79 Å². The third-order valence-electron chi connectivity index (χ3n) is 3.80. The standard InChI is InChI=1S/C19H16ClNO5/c1-11-13-5-3-4-6-15(13)26-18(11)19(23)25-10-17(22)21-12-7-8-16(24-2)14(20)9-12/h3-9H,10H2,1-2H3,(H,21,22). The van der Waals surface area contributed by atoms with Gasteiger partial charge in [-0.3, -0.25) is 4.79 Å². The van der Waals surface area contributed by atoms with Gasteiger partial charge in [0.05, 0.1) is 12.1 Å². The molecule has 0 saturated carbocycles. The predicted octanol–water partition coefficient (Wildman–Crippen LogP) is 4.20. The van der Waals surface area contributed by atoms with Gasteiger partial charge in [0.25, 0.3) is 5.91 Å². The van der Waals surface area contributed by atoms with Crippen LogP contribution in [0.3, 0.4) is 0 Å². The highest BCUT2D eigenvalue weighted by molar-refractivity contribution is 6.32. The molecule has 0 radical (unpaired) electrons. The zero-order valence-corrected chi connectivity index (χ0v) is 14.9. The smallest absolute Gasteiger partial charge is 0.375 e. The highest BCUT2D eigenvalue weighted by Crippen LogP contribution is 2.27. The summed E-state index contributed by atoms with van der Waals surface area (Å²) < 4.78 is 15.6. The zero-order valence-electron chi connectivity index (χ0n) is 14.2. The highest BCUT2D eigenvalue weighted by Gasteiger charge is 2.19. The largest absolute Gasteiger partial charge is 0.495 e. The third-order valence-corrected chi connectivity index (χ3v) is 4.09. The molecule has 1 aromatic heterocycles. The predicted molar refractivity (Wildman–Crippen MR) is 97.9 cm³/mol. The molecule has 0 bridgehead atoms. The van der Waals surface area contributed by atoms with Crippen molar-refractivity contribution >= 4 is 40.1 Å². The van der Waals surface area contributed by atoms with Gasteiger partial charge in [-0.1, -0.05) is 29.8 Å². The summed E-state index contributed by atoms with van der Waals surface area (Å²) >= 11 is 6.00. The normalized spacial score (nSPS) is 10.6. The summed E-state index contributed by atoms with van der Waals surface area (Å²) in [7, 11) is 1.50. The summed E-state index contributed by atoms with van der Waals surface area (Å²) in [5.41, 5.74) is 1.74. The minimum absolute atomic E-state index is 0.0893. The van der Waals surface area contributed by atoms with Crippen LogP contribution in [-0.4, -0.2) is 25.6 Å². The monoisotopic (exact) mass is 373 g/mol. The van der Waals surface area contributed by atoms with Gasteiger partial charge in [0, 0.05) is 16.6 Å². The Bertz CT molecular complexity index is 979. The Morgan fingerprint density at radius 2 is 1.96 bits per heavy atom. The topological polar surface area (TPSA) is 77.8 Å². The second-order valence-electron chi connectivity index (χ2n) is 5.53. The van der Waals surface area contributed by atoms with Gasteiger partial charge in [0.2, 0.25) is 5.76 Å². The molecule has 3 aromatic rings. The first-order valence-corrected chi connectivity index (χ1v) is 8.16. The fourth-order valence-corrected chi connectivity index (χ4v) is 2.76. The van der Waals surface area contributed by atoms with Gasteiger partial charge >= 0.3 is 5.97 Å². The molecule has 0 fully saturated rings. The molecule has 134 valence electrons. The molecule has 0 unspecified atom stereocenters. The van der Waals surface area contributed by atoms with Crippen LogP contribution in [0.25, 0.3) is 11.0 Å². The third kappa shape index (κ3) is 3.65. The summed E-state index contributed by atoms with van der Waals surface area (Å²) in [6, 6.07) is 12.1. The molecule has 7 heteroatoms. The minimum Gasteiger partial charge on any atom is -0.495 e. The number of amides is 1. The van der Waals surface area contributed by atoms with Gasteiger partial charge < -0.3 is 19.2 Å². The van der Waals surface area contributed by atoms with Crippen molar-refractivity contribution in [3.63, 3.8) is 0 Å². The van der Waals surface area contributed by atoms with Crippen LogP contribution in [0.2, 0.25) is 5.02 Å². The van der Waals surface area contributed by atoms with Gasteiger partial charge in [-0.05, 0) is 31.2 Å². The minimum atomic E-state index is -0.693. The Balaban J connectivity index is 1.62. The van der Waals surface area contributed by atoms with E-state index in [1.807, 2.05) is 18.2 Å². The van der Waals surface area contributed by atoms with E-state index in [4.69, 9.17) is 25.5 Å². The number of methoxy groups -OCH3 is 1. The second kappa shape index (κ2) is 7.49. The number of ether oxygens (including phenoxy) is 2. The van der Waals surface area contributed by atoms with Crippen molar-refractivity contribution < 1.29 is 23.5 Å². The Morgan fingerprint density at radius 3 is 2.65 bits per heavy atom. The molecule has 1 N–H and O–H groups in total. The number of anilines is 1. The van der Waals surface area contributed by atoms with Crippen molar-refractivity contribution in [3.8, 4) is 5.75 Å². The molecule has 1 heterocycles. The molecule has 1 amide bonds. The number of para-hydroxylation sites is 1. The number of aryl methyl sites for hydroxylation is 1. The van der Waals surface area contributed by atoms with Crippen LogP contribution >= 0.6 is 11.6 Å². The Kier molecular flexibility index (Phi) is 5.14. The first kappa shape index (κ1) is 17.8. The summed E-state index contributed by atoms with van der Waals surface area (Å²) in [5, 5.41) is 3.79. The lowest BCUT2D eigenvalue weighted by Gasteiger charge is -2.08. The highest BCUT2D eigenvalue weighted by atomic mass is 35.5. The number of fused-ring (bicyclic) bond motifs is 1. The lowest BCUT2D eigenvalue weighted by atomic mass is 10.1. The van der Waals surface area contributed by atoms with E-state index in [9.17, 15) is 9.59 Å². The summed E-state index contributed by atoms with van der Waals surface area (Å²) in [6.07, 6.45) is 0. The van der Waals surface area contributed by atoms with Crippen molar-refractivity contribution in [3.05, 3.63) is 58.8 Å². The molecular formula is C19H16ClNO5. The number of carbonyl (C=O) groups is 2. The SMILES string of the molecule is COc1ccc(NC(=O)COC(=O)c2oc3ccccc3c2C)cc1Cl. The number of hydrogen-bond acceptors (Lipinski definition) is 5. The lowest BCUT2D eigenvalue weighted by Crippen LogP contribution is -2.21. The van der Waals surface area contributed by atoms with E-state index in [2.05, 4.69) is 5.32 Å². The molecule has 0 aliphatic carbocycles. The quantitative estimate of drug-likeness (QED) is 0.678. The molecule has 0 saturated heterocycles. The summed E-state index contributed by atoms with van der Waals surface area (Å²) in [6.45, 7) is 1.32. The molecule has 6 nitrogen and oxygen atoms in total. The van der Waals surface area contributed by atoms with Gasteiger partial charge in [0.15, 0.2) is 6.61 Å². The first-order valence-electron chi connectivity index (χ1n) is 7.78. The molecule has 26 heavy (non-hydrogen) atoms. The number of hydrogen-bond donors (Lipinski definition) is 1. The average Bonchev–Trinajstić information content (AvgIpc) is 2.97. The van der Waals surface area contributed by atoms with E-state index < -0.39 is 18.5 Å². The van der Waals surface area contributed by atoms with Crippen molar-refractivity contribution in [2.75, 3.05) is 19.0 Å². The van der Waals surface area contributed by atoms with Crippen LogP contribution in [0, 0.1) is 6.92 Å². The van der Waals surface area contributed by atoms with Crippen LogP contribution in [0.1, 0.15) is 16.1 Å². The number of esters is 1. The van der Waals surface area contributed by atoms with E-state index in [-0.39, 0.29) is 5.76 Å². The van der Waals surface area contributed by atoms with Crippen molar-refractivity contribution in [1.29, 1.82) is 0 Å². The maximum absolute atomic E-state index is 12.2. The van der Waals surface area contributed by atoms with Gasteiger partial charge in [-0.15, -0.1) is 0 Å². The van der Waals surface area contributed by atoms with E-state index >= 15 is 0 Å². The van der Waals surface area contributed by atoms with E-state index in [0.29, 0.717) is 27.6 Å². The Morgan fingerprint density at radius 1 is 1.19 bits per heavy atom. The van der Waals surface area contributed by atoms with Crippen LogP contribution in [0.5, 0.6) is 5.75 Å². The molecule has 0 aliphatic rings. The molecule has 0 atom stereocenters. The average molecular weight is 374 g/mol. The van der Waals surface area contributed by atoms with E-state index in [1.54, 1.807) is 31.2 Å². The van der Waals surface area contributed by atoms with Crippen molar-refractivity contribution in [2.24, 2.45) is 0 Å². The Labute approximate surface area is 154 Å². The van der Waals surface area contributed by atoms with Gasteiger partial charge in [0.1, 0.15) is 11.3 Å². The maximum Gasteiger partial charge on any atom is 0.375 e. The number of halogens is 1. The molecule has 0 aliphatic heterocycles. The summed E-state index contributed by atoms with van der Waals surface area (Å²) in [5.74, 6) is -0.599. The number of rotatable bonds is 5. The van der Waals surface area contributed by atoms with Crippen molar-refractivity contribution in [2.45, 2.75) is 6.92 Å². The fraction of sp³-hybridized carbons (Fsp3) is 0.158. The summed E-state index contributed by atoms with van der Waals surface area (Å²) in [4.78, 5) is 24.2. The molecule has 2 aromatic carbocycles. The number of furan rings is 1. The molecular weight excluding hydrogens is 358 g/mol. The number of carbonyl (C=O) groups excluding carboxylic acids is 2. The second-order valence-corrected chi connectivity index (χ2v) is 5.93. The fourth-order valence-electron chi connectivity index (χ4n) is 2.51. The molecule has 3 rings (SSSR count). The Hall–Kier alpha value is -2.99. The van der Waals surface area contributed by atoms with Crippen LogP contribution in [-0.2, 0) is 9.53 Å². The first-order chi connectivity index (χ1) is 12.5. The van der Waals surface area contributed by atoms with Crippen LogP contribution in [0.15, 0.2) is 46.9 Å². The lowest BCUT2D eigenvalue weighted by molar-refractivity contribution is -0.119. The zero-order chi connectivity index (χ0) is 18.7. The van der Waals surface area contributed by atoms with Crippen LogP contribution < -0.4 is 10.1 Å². The molecule has 0 spiro atoms. The van der Waals surface area contributed by atoms with E-state index in [1.165, 1.54) is 7.11 Å².